The van der Waals surface area contributed by atoms with E-state index in [-0.39, 0.29) is 25.0 Å². The van der Waals surface area contributed by atoms with Crippen LogP contribution in [-0.2, 0) is 28.5 Å². The highest BCUT2D eigenvalue weighted by Crippen LogP contribution is 2.05. The van der Waals surface area contributed by atoms with Crippen molar-refractivity contribution in [2.75, 3.05) is 39.6 Å². The molecule has 0 aromatic heterocycles. The average Bonchev–Trinajstić information content (AvgIpc) is 2.53. The topological polar surface area (TPSA) is 71.1 Å². The summed E-state index contributed by atoms with van der Waals surface area (Å²) in [7, 11) is 0. The van der Waals surface area contributed by atoms with E-state index < -0.39 is 0 Å². The minimum atomic E-state index is -0.255. The van der Waals surface area contributed by atoms with Crippen LogP contribution in [0, 0.1) is 0 Å². The summed E-state index contributed by atoms with van der Waals surface area (Å²) < 4.78 is 20.3. The molecule has 0 bridgehead atoms. The Morgan fingerprint density at radius 3 is 1.96 bits per heavy atom. The van der Waals surface area contributed by atoms with Gasteiger partial charge in [0.05, 0.1) is 39.5 Å². The van der Waals surface area contributed by atoms with Crippen LogP contribution in [0.15, 0.2) is 0 Å². The molecule has 0 heterocycles. The Hall–Kier alpha value is -1.14. The van der Waals surface area contributed by atoms with Crippen LogP contribution < -0.4 is 0 Å². The summed E-state index contributed by atoms with van der Waals surface area (Å²) in [4.78, 5) is 22.4. The van der Waals surface area contributed by atoms with E-state index in [1.54, 1.807) is 6.92 Å². The van der Waals surface area contributed by atoms with Crippen molar-refractivity contribution in [1.82, 2.24) is 0 Å². The van der Waals surface area contributed by atoms with E-state index >= 15 is 0 Å². The first-order valence-corrected chi connectivity index (χ1v) is 8.67. The highest BCUT2D eigenvalue weighted by molar-refractivity contribution is 5.69. The SMILES string of the molecule is CCCCCCCC(=O)OCCOCCOCCC(=O)OCC. The average molecular weight is 332 g/mol. The summed E-state index contributed by atoms with van der Waals surface area (Å²) in [6.45, 7) is 6.11. The number of esters is 2. The van der Waals surface area contributed by atoms with E-state index in [1.807, 2.05) is 0 Å². The van der Waals surface area contributed by atoms with Gasteiger partial charge in [-0.15, -0.1) is 0 Å². The Morgan fingerprint density at radius 1 is 0.652 bits per heavy atom. The third-order valence-corrected chi connectivity index (χ3v) is 3.10. The molecule has 136 valence electrons. The standard InChI is InChI=1S/C17H32O6/c1-3-5-6-7-8-9-16(18)23-15-14-21-13-12-20-11-10-17(19)22-4-2/h3-15H2,1-2H3. The van der Waals surface area contributed by atoms with Crippen molar-refractivity contribution in [1.29, 1.82) is 0 Å². The Labute approximate surface area is 139 Å². The third-order valence-electron chi connectivity index (χ3n) is 3.10. The number of rotatable bonds is 16. The quantitative estimate of drug-likeness (QED) is 0.320. The van der Waals surface area contributed by atoms with Gasteiger partial charge in [-0.05, 0) is 13.3 Å². The molecule has 0 saturated heterocycles. The lowest BCUT2D eigenvalue weighted by Gasteiger charge is -2.07. The molecule has 0 unspecified atom stereocenters. The molecule has 6 heteroatoms. The first-order valence-electron chi connectivity index (χ1n) is 8.67. The second-order valence-electron chi connectivity index (χ2n) is 5.16. The second-order valence-corrected chi connectivity index (χ2v) is 5.16. The molecule has 6 nitrogen and oxygen atoms in total. The van der Waals surface area contributed by atoms with Crippen LogP contribution in [0.2, 0.25) is 0 Å². The zero-order valence-electron chi connectivity index (χ0n) is 14.6. The molecule has 0 aromatic rings. The van der Waals surface area contributed by atoms with Gasteiger partial charge in [-0.1, -0.05) is 32.6 Å². The van der Waals surface area contributed by atoms with Crippen LogP contribution in [0.25, 0.3) is 0 Å². The summed E-state index contributed by atoms with van der Waals surface area (Å²) in [5, 5.41) is 0. The first kappa shape index (κ1) is 21.9. The van der Waals surface area contributed by atoms with Gasteiger partial charge in [-0.2, -0.15) is 0 Å². The summed E-state index contributed by atoms with van der Waals surface area (Å²) in [5.74, 6) is -0.411. The van der Waals surface area contributed by atoms with Gasteiger partial charge in [0.25, 0.3) is 0 Å². The molecule has 23 heavy (non-hydrogen) atoms. The van der Waals surface area contributed by atoms with Gasteiger partial charge in [0.15, 0.2) is 0 Å². The van der Waals surface area contributed by atoms with Crippen molar-refractivity contribution in [2.24, 2.45) is 0 Å². The van der Waals surface area contributed by atoms with Gasteiger partial charge in [-0.25, -0.2) is 0 Å². The van der Waals surface area contributed by atoms with Crippen LogP contribution in [-0.4, -0.2) is 51.6 Å². The van der Waals surface area contributed by atoms with Crippen LogP contribution in [0.5, 0.6) is 0 Å². The molecule has 0 saturated carbocycles. The van der Waals surface area contributed by atoms with E-state index in [2.05, 4.69) is 6.92 Å². The molecule has 0 radical (unpaired) electrons. The molecule has 0 rings (SSSR count). The smallest absolute Gasteiger partial charge is 0.308 e. The molecule has 0 aliphatic carbocycles. The van der Waals surface area contributed by atoms with Gasteiger partial charge in [0.1, 0.15) is 6.61 Å². The summed E-state index contributed by atoms with van der Waals surface area (Å²) in [5.41, 5.74) is 0. The summed E-state index contributed by atoms with van der Waals surface area (Å²) in [6.07, 6.45) is 6.34. The van der Waals surface area contributed by atoms with E-state index in [9.17, 15) is 9.59 Å². The van der Waals surface area contributed by atoms with Crippen LogP contribution in [0.3, 0.4) is 0 Å². The molecule has 0 fully saturated rings. The van der Waals surface area contributed by atoms with Crippen molar-refractivity contribution in [2.45, 2.75) is 58.8 Å². The Kier molecular flexibility index (Phi) is 16.4. The molecular formula is C17H32O6. The normalized spacial score (nSPS) is 10.5. The summed E-state index contributed by atoms with van der Waals surface area (Å²) >= 11 is 0. The minimum absolute atomic E-state index is 0.157. The lowest BCUT2D eigenvalue weighted by atomic mass is 10.1. The number of hydrogen-bond acceptors (Lipinski definition) is 6. The predicted octanol–water partition coefficient (Wildman–Crippen LogP) is 2.88. The monoisotopic (exact) mass is 332 g/mol. The molecular weight excluding hydrogens is 300 g/mol. The lowest BCUT2D eigenvalue weighted by Crippen LogP contribution is -2.14. The lowest BCUT2D eigenvalue weighted by molar-refractivity contribution is -0.145. The van der Waals surface area contributed by atoms with Crippen LogP contribution in [0.1, 0.15) is 58.8 Å². The van der Waals surface area contributed by atoms with Crippen molar-refractivity contribution in [3.05, 3.63) is 0 Å². The number of hydrogen-bond donors (Lipinski definition) is 0. The second kappa shape index (κ2) is 17.2. The fraction of sp³-hybridized carbons (Fsp3) is 0.882. The van der Waals surface area contributed by atoms with E-state index in [4.69, 9.17) is 18.9 Å². The van der Waals surface area contributed by atoms with Gasteiger partial charge >= 0.3 is 11.9 Å². The van der Waals surface area contributed by atoms with Gasteiger partial charge < -0.3 is 18.9 Å². The third kappa shape index (κ3) is 17.1. The molecule has 0 spiro atoms. The van der Waals surface area contributed by atoms with Gasteiger partial charge in [0, 0.05) is 6.42 Å². The molecule has 0 aliphatic heterocycles. The van der Waals surface area contributed by atoms with Crippen molar-refractivity contribution < 1.29 is 28.5 Å². The van der Waals surface area contributed by atoms with E-state index in [0.717, 1.165) is 12.8 Å². The molecule has 0 amide bonds. The fourth-order valence-electron chi connectivity index (χ4n) is 1.87. The molecule has 0 aliphatic rings. The van der Waals surface area contributed by atoms with E-state index in [0.29, 0.717) is 39.5 Å². The maximum atomic E-state index is 11.4. The number of ether oxygens (including phenoxy) is 4. The maximum Gasteiger partial charge on any atom is 0.308 e. The van der Waals surface area contributed by atoms with Crippen molar-refractivity contribution in [3.8, 4) is 0 Å². The zero-order chi connectivity index (χ0) is 17.2. The first-order chi connectivity index (χ1) is 11.2. The van der Waals surface area contributed by atoms with Crippen molar-refractivity contribution in [3.63, 3.8) is 0 Å². The minimum Gasteiger partial charge on any atom is -0.466 e. The Morgan fingerprint density at radius 2 is 1.26 bits per heavy atom. The van der Waals surface area contributed by atoms with E-state index in [1.165, 1.54) is 19.3 Å². The highest BCUT2D eigenvalue weighted by atomic mass is 16.6. The number of unbranched alkanes of at least 4 members (excludes halogenated alkanes) is 4. The fourth-order valence-corrected chi connectivity index (χ4v) is 1.87. The number of carbonyl (C=O) groups is 2. The molecule has 0 aromatic carbocycles. The van der Waals surface area contributed by atoms with Crippen molar-refractivity contribution >= 4 is 11.9 Å². The number of carbonyl (C=O) groups excluding carboxylic acids is 2. The molecule has 0 atom stereocenters. The van der Waals surface area contributed by atoms with Crippen LogP contribution in [0.4, 0.5) is 0 Å². The Balaban J connectivity index is 3.20. The maximum absolute atomic E-state index is 11.4. The highest BCUT2D eigenvalue weighted by Gasteiger charge is 2.03. The largest absolute Gasteiger partial charge is 0.466 e. The van der Waals surface area contributed by atoms with Gasteiger partial charge in [-0.3, -0.25) is 9.59 Å². The molecule has 0 N–H and O–H groups in total. The predicted molar refractivity (Wildman–Crippen MR) is 87.2 cm³/mol. The summed E-state index contributed by atoms with van der Waals surface area (Å²) in [6, 6.07) is 0. The van der Waals surface area contributed by atoms with Gasteiger partial charge in [0.2, 0.25) is 0 Å². The Bertz CT molecular complexity index is 293. The zero-order valence-corrected chi connectivity index (χ0v) is 14.6. The van der Waals surface area contributed by atoms with Crippen LogP contribution >= 0.6 is 0 Å².